The number of rotatable bonds is 7. The molecular weight excluding hydrogens is 274 g/mol. The summed E-state index contributed by atoms with van der Waals surface area (Å²) >= 11 is 0. The Morgan fingerprint density at radius 2 is 2.05 bits per heavy atom. The van der Waals surface area contributed by atoms with Crippen LogP contribution in [-0.2, 0) is 19.0 Å². The van der Waals surface area contributed by atoms with Crippen molar-refractivity contribution < 1.29 is 24.1 Å². The highest BCUT2D eigenvalue weighted by molar-refractivity contribution is 5.71. The van der Waals surface area contributed by atoms with Crippen LogP contribution >= 0.6 is 0 Å². The van der Waals surface area contributed by atoms with Crippen molar-refractivity contribution >= 4 is 5.97 Å². The number of hydrogen-bond donors (Lipinski definition) is 2. The molecule has 1 saturated heterocycles. The first kappa shape index (κ1) is 16.7. The standard InChI is InChI=1S/C15H27NO5/c1-4-19-12(18)8-16-7-11-10(9-17)13(15(11,2)3)14-20-5-6-21-14/h10-11,13-14,16-17H,4-9H2,1-3H3/t10-,11+,13-/m1/s1. The third-order valence-electron chi connectivity index (χ3n) is 4.88. The highest BCUT2D eigenvalue weighted by atomic mass is 16.7. The number of aliphatic hydroxyl groups excluding tert-OH is 1. The van der Waals surface area contributed by atoms with Gasteiger partial charge in [0.2, 0.25) is 0 Å². The van der Waals surface area contributed by atoms with Crippen molar-refractivity contribution in [2.75, 3.05) is 39.5 Å². The molecule has 0 bridgehead atoms. The number of aliphatic hydroxyl groups is 1. The van der Waals surface area contributed by atoms with E-state index in [9.17, 15) is 9.90 Å². The van der Waals surface area contributed by atoms with Crippen LogP contribution in [0.5, 0.6) is 0 Å². The molecule has 6 heteroatoms. The quantitative estimate of drug-likeness (QED) is 0.663. The summed E-state index contributed by atoms with van der Waals surface area (Å²) in [5.41, 5.74) is 0.00403. The zero-order valence-electron chi connectivity index (χ0n) is 13.1. The van der Waals surface area contributed by atoms with E-state index in [0.29, 0.717) is 26.4 Å². The molecule has 1 aliphatic carbocycles. The van der Waals surface area contributed by atoms with Crippen molar-refractivity contribution in [1.29, 1.82) is 0 Å². The third-order valence-corrected chi connectivity index (χ3v) is 4.88. The lowest BCUT2D eigenvalue weighted by molar-refractivity contribution is -0.226. The van der Waals surface area contributed by atoms with Gasteiger partial charge in [-0.3, -0.25) is 4.79 Å². The third kappa shape index (κ3) is 3.39. The van der Waals surface area contributed by atoms with Crippen LogP contribution in [0.3, 0.4) is 0 Å². The van der Waals surface area contributed by atoms with Gasteiger partial charge in [-0.1, -0.05) is 13.8 Å². The molecule has 0 aromatic rings. The molecule has 3 atom stereocenters. The fraction of sp³-hybridized carbons (Fsp3) is 0.933. The smallest absolute Gasteiger partial charge is 0.319 e. The lowest BCUT2D eigenvalue weighted by Crippen LogP contribution is -2.62. The number of hydrogen-bond acceptors (Lipinski definition) is 6. The first-order chi connectivity index (χ1) is 10.0. The predicted octanol–water partition coefficient (Wildman–Crippen LogP) is 0.393. The van der Waals surface area contributed by atoms with E-state index in [-0.39, 0.29) is 48.6 Å². The maximum absolute atomic E-state index is 11.3. The first-order valence-electron chi connectivity index (χ1n) is 7.72. The van der Waals surface area contributed by atoms with E-state index in [0.717, 1.165) is 0 Å². The van der Waals surface area contributed by atoms with Crippen LogP contribution < -0.4 is 5.32 Å². The SMILES string of the molecule is CCOC(=O)CNC[C@H]1[C@@H](CO)[C@H](C2OCCO2)C1(C)C. The number of ether oxygens (including phenoxy) is 3. The van der Waals surface area contributed by atoms with E-state index in [1.807, 2.05) is 0 Å². The number of nitrogens with one attached hydrogen (secondary N) is 1. The maximum atomic E-state index is 11.3. The summed E-state index contributed by atoms with van der Waals surface area (Å²) in [5.74, 6) is 0.376. The van der Waals surface area contributed by atoms with Crippen LogP contribution in [0, 0.1) is 23.2 Å². The van der Waals surface area contributed by atoms with E-state index >= 15 is 0 Å². The highest BCUT2D eigenvalue weighted by Gasteiger charge is 2.59. The van der Waals surface area contributed by atoms with Crippen molar-refractivity contribution in [2.24, 2.45) is 23.2 Å². The summed E-state index contributed by atoms with van der Waals surface area (Å²) in [4.78, 5) is 11.3. The largest absolute Gasteiger partial charge is 0.465 e. The molecule has 1 heterocycles. The molecule has 1 aliphatic heterocycles. The average Bonchev–Trinajstić information content (AvgIpc) is 2.94. The van der Waals surface area contributed by atoms with Crippen molar-refractivity contribution in [3.05, 3.63) is 0 Å². The number of esters is 1. The van der Waals surface area contributed by atoms with Gasteiger partial charge in [0, 0.05) is 12.5 Å². The van der Waals surface area contributed by atoms with E-state index in [2.05, 4.69) is 19.2 Å². The second-order valence-electron chi connectivity index (χ2n) is 6.35. The minimum Gasteiger partial charge on any atom is -0.465 e. The van der Waals surface area contributed by atoms with Gasteiger partial charge in [-0.25, -0.2) is 0 Å². The van der Waals surface area contributed by atoms with Gasteiger partial charge in [0.15, 0.2) is 6.29 Å². The predicted molar refractivity (Wildman–Crippen MR) is 76.5 cm³/mol. The summed E-state index contributed by atoms with van der Waals surface area (Å²) in [6.07, 6.45) is -0.210. The van der Waals surface area contributed by atoms with E-state index in [1.165, 1.54) is 0 Å². The van der Waals surface area contributed by atoms with E-state index in [1.54, 1.807) is 6.92 Å². The Morgan fingerprint density at radius 1 is 1.38 bits per heavy atom. The molecule has 1 saturated carbocycles. The average molecular weight is 301 g/mol. The van der Waals surface area contributed by atoms with Crippen molar-refractivity contribution in [3.8, 4) is 0 Å². The van der Waals surface area contributed by atoms with Gasteiger partial charge in [0.1, 0.15) is 0 Å². The Balaban J connectivity index is 1.86. The lowest BCUT2D eigenvalue weighted by atomic mass is 9.48. The van der Waals surface area contributed by atoms with Crippen LogP contribution in [0.1, 0.15) is 20.8 Å². The molecule has 122 valence electrons. The Morgan fingerprint density at radius 3 is 2.62 bits per heavy atom. The molecule has 6 nitrogen and oxygen atoms in total. The zero-order valence-corrected chi connectivity index (χ0v) is 13.1. The first-order valence-corrected chi connectivity index (χ1v) is 7.72. The summed E-state index contributed by atoms with van der Waals surface area (Å²) in [7, 11) is 0. The van der Waals surface area contributed by atoms with E-state index in [4.69, 9.17) is 14.2 Å². The normalized spacial score (nSPS) is 31.9. The zero-order chi connectivity index (χ0) is 15.5. The topological polar surface area (TPSA) is 77.0 Å². The maximum Gasteiger partial charge on any atom is 0.319 e. The Kier molecular flexibility index (Phi) is 5.60. The van der Waals surface area contributed by atoms with Gasteiger partial charge < -0.3 is 24.6 Å². The van der Waals surface area contributed by atoms with Crippen LogP contribution in [-0.4, -0.2) is 56.9 Å². The monoisotopic (exact) mass is 301 g/mol. The van der Waals surface area contributed by atoms with Crippen LogP contribution in [0.25, 0.3) is 0 Å². The molecule has 0 aromatic carbocycles. The van der Waals surface area contributed by atoms with Gasteiger partial charge in [-0.05, 0) is 30.7 Å². The summed E-state index contributed by atoms with van der Waals surface area (Å²) in [5, 5.41) is 12.8. The molecule has 0 unspecified atom stereocenters. The Hall–Kier alpha value is -0.690. The van der Waals surface area contributed by atoms with Gasteiger partial charge in [-0.2, -0.15) is 0 Å². The second-order valence-corrected chi connectivity index (χ2v) is 6.35. The fourth-order valence-corrected chi connectivity index (χ4v) is 3.82. The van der Waals surface area contributed by atoms with Gasteiger partial charge in [0.05, 0.1) is 26.4 Å². The molecule has 0 amide bonds. The summed E-state index contributed by atoms with van der Waals surface area (Å²) in [6.45, 7) is 8.79. The Labute approximate surface area is 126 Å². The summed E-state index contributed by atoms with van der Waals surface area (Å²) < 4.78 is 16.1. The highest BCUT2D eigenvalue weighted by Crippen LogP contribution is 2.57. The fourth-order valence-electron chi connectivity index (χ4n) is 3.82. The van der Waals surface area contributed by atoms with Crippen molar-refractivity contribution in [1.82, 2.24) is 5.32 Å². The minimum absolute atomic E-state index is 0.00403. The van der Waals surface area contributed by atoms with Gasteiger partial charge in [0.25, 0.3) is 0 Å². The Bertz CT molecular complexity index is 354. The van der Waals surface area contributed by atoms with Crippen molar-refractivity contribution in [3.63, 3.8) is 0 Å². The van der Waals surface area contributed by atoms with Gasteiger partial charge >= 0.3 is 5.97 Å². The minimum atomic E-state index is -0.241. The molecule has 21 heavy (non-hydrogen) atoms. The molecular formula is C15H27NO5. The molecule has 2 N–H and O–H groups in total. The van der Waals surface area contributed by atoms with Crippen LogP contribution in [0.2, 0.25) is 0 Å². The molecule has 2 fully saturated rings. The number of carbonyl (C=O) groups excluding carboxylic acids is 1. The van der Waals surface area contributed by atoms with E-state index < -0.39 is 0 Å². The molecule has 0 radical (unpaired) electrons. The second kappa shape index (κ2) is 7.05. The summed E-state index contributed by atoms with van der Waals surface area (Å²) in [6, 6.07) is 0. The van der Waals surface area contributed by atoms with Gasteiger partial charge in [-0.15, -0.1) is 0 Å². The van der Waals surface area contributed by atoms with Crippen LogP contribution in [0.15, 0.2) is 0 Å². The molecule has 2 aliphatic rings. The molecule has 0 spiro atoms. The van der Waals surface area contributed by atoms with Crippen molar-refractivity contribution in [2.45, 2.75) is 27.1 Å². The lowest BCUT2D eigenvalue weighted by Gasteiger charge is -2.59. The molecule has 0 aromatic heterocycles. The van der Waals surface area contributed by atoms with Crippen LogP contribution in [0.4, 0.5) is 0 Å². The number of carbonyl (C=O) groups is 1. The molecule has 2 rings (SSSR count).